The third kappa shape index (κ3) is 4.91. The van der Waals surface area contributed by atoms with Crippen LogP contribution in [0.15, 0.2) is 30.6 Å². The second-order valence-electron chi connectivity index (χ2n) is 6.81. The summed E-state index contributed by atoms with van der Waals surface area (Å²) < 4.78 is 12.3. The van der Waals surface area contributed by atoms with Crippen molar-refractivity contribution >= 4 is 23.3 Å². The number of nitrogens with zero attached hydrogens (tertiary/aromatic N) is 4. The number of fused-ring (bicyclic) bond motifs is 1. The highest BCUT2D eigenvalue weighted by Crippen LogP contribution is 2.17. The average molecular weight is 411 g/mol. The summed E-state index contributed by atoms with van der Waals surface area (Å²) in [7, 11) is 0. The zero-order valence-electron chi connectivity index (χ0n) is 17.5. The van der Waals surface area contributed by atoms with Gasteiger partial charge in [0.05, 0.1) is 6.61 Å². The molecule has 0 saturated carbocycles. The van der Waals surface area contributed by atoms with Gasteiger partial charge in [-0.3, -0.25) is 9.59 Å². The normalized spacial score (nSPS) is 11.9. The topological polar surface area (TPSA) is 108 Å². The van der Waals surface area contributed by atoms with E-state index in [1.54, 1.807) is 35.7 Å². The number of nitrogens with one attached hydrogen (secondary N) is 1. The van der Waals surface area contributed by atoms with Crippen LogP contribution in [0.5, 0.6) is 5.75 Å². The van der Waals surface area contributed by atoms with Gasteiger partial charge in [-0.2, -0.15) is 10.1 Å². The molecule has 0 fully saturated rings. The van der Waals surface area contributed by atoms with Crippen LogP contribution in [0.2, 0.25) is 0 Å². The van der Waals surface area contributed by atoms with Crippen LogP contribution in [0.25, 0.3) is 5.78 Å². The molecule has 2 aromatic heterocycles. The Bertz CT molecular complexity index is 1050. The lowest BCUT2D eigenvalue weighted by molar-refractivity contribution is -0.153. The Morgan fingerprint density at radius 2 is 1.93 bits per heavy atom. The van der Waals surface area contributed by atoms with Crippen molar-refractivity contribution in [2.75, 3.05) is 11.9 Å². The van der Waals surface area contributed by atoms with Crippen molar-refractivity contribution in [3.8, 4) is 5.75 Å². The maximum absolute atomic E-state index is 12.3. The van der Waals surface area contributed by atoms with Crippen LogP contribution in [0.3, 0.4) is 0 Å². The third-order valence-electron chi connectivity index (χ3n) is 4.68. The lowest BCUT2D eigenvalue weighted by Gasteiger charge is -2.14. The predicted molar refractivity (Wildman–Crippen MR) is 110 cm³/mol. The fraction of sp³-hybridized carbons (Fsp3) is 0.381. The highest BCUT2D eigenvalue weighted by molar-refractivity contribution is 5.95. The van der Waals surface area contributed by atoms with Gasteiger partial charge >= 0.3 is 5.97 Å². The molecule has 0 radical (unpaired) electrons. The summed E-state index contributed by atoms with van der Waals surface area (Å²) >= 11 is 0. The van der Waals surface area contributed by atoms with E-state index in [9.17, 15) is 9.59 Å². The highest BCUT2D eigenvalue weighted by atomic mass is 16.5. The zero-order chi connectivity index (χ0) is 21.7. The first-order chi connectivity index (χ1) is 14.4. The van der Waals surface area contributed by atoms with E-state index in [2.05, 4.69) is 20.4 Å². The largest absolute Gasteiger partial charge is 0.494 e. The molecule has 0 aliphatic rings. The molecule has 0 spiro atoms. The van der Waals surface area contributed by atoms with E-state index in [0.717, 1.165) is 22.7 Å². The molecule has 0 saturated heterocycles. The molecular formula is C21H25N5O4. The molecule has 1 amide bonds. The van der Waals surface area contributed by atoms with Crippen molar-refractivity contribution in [1.82, 2.24) is 19.6 Å². The van der Waals surface area contributed by atoms with Crippen LogP contribution in [0.4, 0.5) is 5.69 Å². The second-order valence-corrected chi connectivity index (χ2v) is 6.81. The number of anilines is 1. The summed E-state index contributed by atoms with van der Waals surface area (Å²) in [4.78, 5) is 33.0. The predicted octanol–water partition coefficient (Wildman–Crippen LogP) is 2.64. The minimum Gasteiger partial charge on any atom is -0.494 e. The number of hydrogen-bond donors (Lipinski definition) is 1. The average Bonchev–Trinajstić information content (AvgIpc) is 3.18. The van der Waals surface area contributed by atoms with E-state index < -0.39 is 18.0 Å². The molecule has 0 aliphatic heterocycles. The maximum atomic E-state index is 12.3. The summed E-state index contributed by atoms with van der Waals surface area (Å²) in [6.07, 6.45) is 1.09. The molecule has 0 unspecified atom stereocenters. The fourth-order valence-corrected chi connectivity index (χ4v) is 3.10. The van der Waals surface area contributed by atoms with Gasteiger partial charge in [-0.05, 0) is 63.9 Å². The Morgan fingerprint density at radius 1 is 1.20 bits per heavy atom. The quantitative estimate of drug-likeness (QED) is 0.568. The fourth-order valence-electron chi connectivity index (χ4n) is 3.10. The van der Waals surface area contributed by atoms with Crippen LogP contribution < -0.4 is 10.1 Å². The first-order valence-corrected chi connectivity index (χ1v) is 9.78. The van der Waals surface area contributed by atoms with E-state index in [1.165, 1.54) is 6.33 Å². The Labute approximate surface area is 174 Å². The summed E-state index contributed by atoms with van der Waals surface area (Å²) in [6.45, 7) is 7.79. The summed E-state index contributed by atoms with van der Waals surface area (Å²) in [5, 5.41) is 6.87. The van der Waals surface area contributed by atoms with Crippen molar-refractivity contribution in [1.29, 1.82) is 0 Å². The van der Waals surface area contributed by atoms with Gasteiger partial charge in [0.15, 0.2) is 6.10 Å². The first-order valence-electron chi connectivity index (χ1n) is 9.78. The minimum atomic E-state index is -0.915. The van der Waals surface area contributed by atoms with E-state index in [-0.39, 0.29) is 6.42 Å². The van der Waals surface area contributed by atoms with Crippen molar-refractivity contribution < 1.29 is 19.1 Å². The standard InChI is InChI=1S/C21H25N5O4/c1-5-29-17-8-6-16(7-9-17)25-20(28)15(4)30-19(27)11-10-18-13(2)24-21-22-12-23-26(21)14(18)3/h6-9,12,15H,5,10-11H2,1-4H3,(H,25,28)/t15-/m1/s1. The van der Waals surface area contributed by atoms with Gasteiger partial charge in [-0.25, -0.2) is 9.50 Å². The summed E-state index contributed by atoms with van der Waals surface area (Å²) in [5.74, 6) is 0.391. The number of carbonyl (C=O) groups excluding carboxylic acids is 2. The number of aromatic nitrogens is 4. The van der Waals surface area contributed by atoms with Crippen LogP contribution in [-0.2, 0) is 20.7 Å². The van der Waals surface area contributed by atoms with Crippen LogP contribution in [0, 0.1) is 13.8 Å². The van der Waals surface area contributed by atoms with Crippen molar-refractivity contribution in [2.24, 2.45) is 0 Å². The van der Waals surface area contributed by atoms with Gasteiger partial charge in [-0.1, -0.05) is 0 Å². The van der Waals surface area contributed by atoms with Crippen molar-refractivity contribution in [3.63, 3.8) is 0 Å². The number of rotatable bonds is 8. The molecule has 1 atom stereocenters. The molecule has 0 bridgehead atoms. The molecule has 30 heavy (non-hydrogen) atoms. The molecule has 1 aromatic carbocycles. The van der Waals surface area contributed by atoms with E-state index in [1.807, 2.05) is 20.8 Å². The van der Waals surface area contributed by atoms with E-state index in [4.69, 9.17) is 9.47 Å². The monoisotopic (exact) mass is 411 g/mol. The Morgan fingerprint density at radius 3 is 2.63 bits per heavy atom. The molecule has 2 heterocycles. The minimum absolute atomic E-state index is 0.129. The number of esters is 1. The van der Waals surface area contributed by atoms with E-state index >= 15 is 0 Å². The SMILES string of the molecule is CCOc1ccc(NC(=O)[C@@H](C)OC(=O)CCc2c(C)nc3ncnn3c2C)cc1. The third-order valence-corrected chi connectivity index (χ3v) is 4.68. The second kappa shape index (κ2) is 9.34. The molecule has 0 aliphatic carbocycles. The van der Waals surface area contributed by atoms with Crippen LogP contribution >= 0.6 is 0 Å². The molecule has 158 valence electrons. The van der Waals surface area contributed by atoms with Crippen molar-refractivity contribution in [2.45, 2.75) is 46.6 Å². The number of benzene rings is 1. The van der Waals surface area contributed by atoms with Crippen LogP contribution in [-0.4, -0.2) is 44.2 Å². The molecule has 1 N–H and O–H groups in total. The Balaban J connectivity index is 1.53. The number of ether oxygens (including phenoxy) is 2. The van der Waals surface area contributed by atoms with Gasteiger partial charge in [0.1, 0.15) is 12.1 Å². The molecular weight excluding hydrogens is 386 g/mol. The van der Waals surface area contributed by atoms with Gasteiger partial charge in [-0.15, -0.1) is 0 Å². The number of amides is 1. The Hall–Kier alpha value is -3.49. The van der Waals surface area contributed by atoms with E-state index in [0.29, 0.717) is 24.5 Å². The van der Waals surface area contributed by atoms with Gasteiger partial charge in [0.2, 0.25) is 0 Å². The smallest absolute Gasteiger partial charge is 0.306 e. The summed E-state index contributed by atoms with van der Waals surface area (Å²) in [6, 6.07) is 6.99. The number of aryl methyl sites for hydroxylation is 2. The molecule has 3 aromatic rings. The van der Waals surface area contributed by atoms with Gasteiger partial charge in [0, 0.05) is 23.5 Å². The van der Waals surface area contributed by atoms with Crippen molar-refractivity contribution in [3.05, 3.63) is 47.5 Å². The lowest BCUT2D eigenvalue weighted by Crippen LogP contribution is -2.30. The molecule has 9 nitrogen and oxygen atoms in total. The Kier molecular flexibility index (Phi) is 6.61. The highest BCUT2D eigenvalue weighted by Gasteiger charge is 2.19. The van der Waals surface area contributed by atoms with Gasteiger partial charge < -0.3 is 14.8 Å². The number of carbonyl (C=O) groups is 2. The summed E-state index contributed by atoms with van der Waals surface area (Å²) in [5.41, 5.74) is 3.19. The molecule has 3 rings (SSSR count). The maximum Gasteiger partial charge on any atom is 0.306 e. The van der Waals surface area contributed by atoms with Gasteiger partial charge in [0.25, 0.3) is 11.7 Å². The molecule has 9 heteroatoms. The zero-order valence-corrected chi connectivity index (χ0v) is 17.5. The first kappa shape index (κ1) is 21.2. The van der Waals surface area contributed by atoms with Crippen LogP contribution in [0.1, 0.15) is 37.2 Å². The lowest BCUT2D eigenvalue weighted by atomic mass is 10.1. The number of hydrogen-bond acceptors (Lipinski definition) is 7.